The Morgan fingerprint density at radius 2 is 2.11 bits per heavy atom. The number of hydrogen-bond donors (Lipinski definition) is 2. The summed E-state index contributed by atoms with van der Waals surface area (Å²) < 4.78 is 0. The molecule has 2 aromatic rings. The largest absolute Gasteiger partial charge is 0.271 e. The van der Waals surface area contributed by atoms with Crippen molar-refractivity contribution in [2.45, 2.75) is 38.1 Å². The summed E-state index contributed by atoms with van der Waals surface area (Å²) in [7, 11) is 0. The van der Waals surface area contributed by atoms with Crippen LogP contribution in [-0.4, -0.2) is 0 Å². The van der Waals surface area contributed by atoms with E-state index in [1.54, 1.807) is 0 Å². The van der Waals surface area contributed by atoms with Gasteiger partial charge in [-0.05, 0) is 49.4 Å². The van der Waals surface area contributed by atoms with Crippen LogP contribution in [0.5, 0.6) is 0 Å². The average molecular weight is 272 g/mol. The van der Waals surface area contributed by atoms with Gasteiger partial charge in [0, 0.05) is 15.7 Å². The second-order valence-corrected chi connectivity index (χ2v) is 6.61. The first-order valence-corrected chi connectivity index (χ1v) is 7.71. The fourth-order valence-corrected chi connectivity index (χ4v) is 4.16. The minimum atomic E-state index is 0.236. The number of aryl methyl sites for hydroxylation is 2. The molecular weight excluding hydrogens is 252 g/mol. The quantitative estimate of drug-likeness (QED) is 0.660. The molecule has 2 nitrogen and oxygen atoms in total. The van der Waals surface area contributed by atoms with Gasteiger partial charge in [0.15, 0.2) is 0 Å². The summed E-state index contributed by atoms with van der Waals surface area (Å²) in [4.78, 5) is 2.70. The summed E-state index contributed by atoms with van der Waals surface area (Å²) in [6, 6.07) is 13.4. The first-order chi connectivity index (χ1) is 9.29. The van der Waals surface area contributed by atoms with Crippen LogP contribution in [0.4, 0.5) is 0 Å². The molecule has 2 atom stereocenters. The van der Waals surface area contributed by atoms with Crippen LogP contribution in [0.2, 0.25) is 0 Å². The highest BCUT2D eigenvalue weighted by atomic mass is 32.1. The lowest BCUT2D eigenvalue weighted by Crippen LogP contribution is -2.33. The van der Waals surface area contributed by atoms with Crippen LogP contribution >= 0.6 is 11.3 Å². The van der Waals surface area contributed by atoms with Gasteiger partial charge in [0.1, 0.15) is 0 Å². The van der Waals surface area contributed by atoms with Crippen molar-refractivity contribution >= 4 is 11.3 Å². The van der Waals surface area contributed by atoms with E-state index in [0.717, 1.165) is 0 Å². The molecular formula is C16H20N2S. The Balaban J connectivity index is 1.97. The molecule has 1 aliphatic carbocycles. The van der Waals surface area contributed by atoms with Crippen molar-refractivity contribution in [2.75, 3.05) is 0 Å². The molecule has 19 heavy (non-hydrogen) atoms. The molecule has 3 N–H and O–H groups in total. The Morgan fingerprint density at radius 3 is 2.84 bits per heavy atom. The summed E-state index contributed by atoms with van der Waals surface area (Å²) in [5, 5.41) is 0. The third kappa shape index (κ3) is 2.46. The van der Waals surface area contributed by atoms with E-state index in [4.69, 9.17) is 5.84 Å². The van der Waals surface area contributed by atoms with Crippen molar-refractivity contribution in [3.63, 3.8) is 0 Å². The molecule has 0 saturated heterocycles. The molecule has 3 heteroatoms. The zero-order valence-electron chi connectivity index (χ0n) is 11.2. The van der Waals surface area contributed by atoms with E-state index in [1.807, 2.05) is 11.3 Å². The smallest absolute Gasteiger partial charge is 0.0621 e. The highest BCUT2D eigenvalue weighted by Gasteiger charge is 2.28. The Bertz CT molecular complexity index is 561. The molecule has 0 radical (unpaired) electrons. The highest BCUT2D eigenvalue weighted by Crippen LogP contribution is 2.41. The van der Waals surface area contributed by atoms with E-state index in [9.17, 15) is 0 Å². The third-order valence-electron chi connectivity index (χ3n) is 4.07. The summed E-state index contributed by atoms with van der Waals surface area (Å²) >= 11 is 1.85. The summed E-state index contributed by atoms with van der Waals surface area (Å²) in [5.41, 5.74) is 6.02. The van der Waals surface area contributed by atoms with E-state index < -0.39 is 0 Å². The SMILES string of the molecule is Cc1ccc(C(NN)C2CCCc3ccccc32)s1. The van der Waals surface area contributed by atoms with Gasteiger partial charge in [0.2, 0.25) is 0 Å². The Labute approximate surface area is 118 Å². The van der Waals surface area contributed by atoms with Gasteiger partial charge < -0.3 is 0 Å². The maximum Gasteiger partial charge on any atom is 0.0621 e. The minimum absolute atomic E-state index is 0.236. The van der Waals surface area contributed by atoms with Crippen LogP contribution < -0.4 is 11.3 Å². The zero-order valence-corrected chi connectivity index (χ0v) is 12.0. The highest BCUT2D eigenvalue weighted by molar-refractivity contribution is 7.12. The van der Waals surface area contributed by atoms with Gasteiger partial charge in [-0.15, -0.1) is 11.3 Å². The molecule has 1 aromatic heterocycles. The van der Waals surface area contributed by atoms with Gasteiger partial charge >= 0.3 is 0 Å². The van der Waals surface area contributed by atoms with E-state index in [0.29, 0.717) is 5.92 Å². The Kier molecular flexibility index (Phi) is 3.69. The normalized spacial score (nSPS) is 20.0. The van der Waals surface area contributed by atoms with Gasteiger partial charge in [0.25, 0.3) is 0 Å². The van der Waals surface area contributed by atoms with E-state index in [-0.39, 0.29) is 6.04 Å². The van der Waals surface area contributed by atoms with Crippen LogP contribution in [0.1, 0.15) is 45.7 Å². The fraction of sp³-hybridized carbons (Fsp3) is 0.375. The maximum atomic E-state index is 5.86. The van der Waals surface area contributed by atoms with Crippen molar-refractivity contribution in [2.24, 2.45) is 5.84 Å². The molecule has 0 saturated carbocycles. The number of rotatable bonds is 3. The third-order valence-corrected chi connectivity index (χ3v) is 5.15. The average Bonchev–Trinajstić information content (AvgIpc) is 2.86. The number of hydrogen-bond acceptors (Lipinski definition) is 3. The van der Waals surface area contributed by atoms with Crippen molar-refractivity contribution in [3.05, 3.63) is 57.3 Å². The van der Waals surface area contributed by atoms with Crippen molar-refractivity contribution in [1.29, 1.82) is 0 Å². The molecule has 2 unspecified atom stereocenters. The van der Waals surface area contributed by atoms with E-state index in [1.165, 1.54) is 40.1 Å². The van der Waals surface area contributed by atoms with Crippen LogP contribution in [0, 0.1) is 6.92 Å². The molecule has 1 heterocycles. The van der Waals surface area contributed by atoms with Gasteiger partial charge in [-0.2, -0.15) is 0 Å². The lowest BCUT2D eigenvalue weighted by atomic mass is 9.78. The molecule has 0 bridgehead atoms. The topological polar surface area (TPSA) is 38.0 Å². The van der Waals surface area contributed by atoms with Gasteiger partial charge in [0.05, 0.1) is 6.04 Å². The number of nitrogens with two attached hydrogens (primary N) is 1. The first-order valence-electron chi connectivity index (χ1n) is 6.90. The van der Waals surface area contributed by atoms with E-state index >= 15 is 0 Å². The molecule has 3 rings (SSSR count). The van der Waals surface area contributed by atoms with E-state index in [2.05, 4.69) is 48.7 Å². The lowest BCUT2D eigenvalue weighted by molar-refractivity contribution is 0.413. The van der Waals surface area contributed by atoms with Gasteiger partial charge in [-0.25, -0.2) is 0 Å². The molecule has 0 amide bonds. The van der Waals surface area contributed by atoms with Crippen LogP contribution in [0.3, 0.4) is 0 Å². The Morgan fingerprint density at radius 1 is 1.26 bits per heavy atom. The zero-order chi connectivity index (χ0) is 13.2. The predicted octanol–water partition coefficient (Wildman–Crippen LogP) is 3.68. The molecule has 100 valence electrons. The number of thiophene rings is 1. The van der Waals surface area contributed by atoms with Crippen LogP contribution in [0.25, 0.3) is 0 Å². The van der Waals surface area contributed by atoms with Crippen molar-refractivity contribution in [3.8, 4) is 0 Å². The van der Waals surface area contributed by atoms with Crippen LogP contribution in [-0.2, 0) is 6.42 Å². The Hall–Kier alpha value is -1.16. The molecule has 1 aromatic carbocycles. The fourth-order valence-electron chi connectivity index (χ4n) is 3.15. The summed E-state index contributed by atoms with van der Waals surface area (Å²) in [5.74, 6) is 6.35. The number of nitrogens with one attached hydrogen (secondary N) is 1. The second kappa shape index (κ2) is 5.45. The second-order valence-electron chi connectivity index (χ2n) is 5.29. The lowest BCUT2D eigenvalue weighted by Gasteiger charge is -2.31. The number of hydrazine groups is 1. The van der Waals surface area contributed by atoms with Crippen molar-refractivity contribution in [1.82, 2.24) is 5.43 Å². The maximum absolute atomic E-state index is 5.86. The standard InChI is InChI=1S/C16H20N2S/c1-11-9-10-15(19-11)16(18-17)14-8-4-6-12-5-2-3-7-13(12)14/h2-3,5,7,9-10,14,16,18H,4,6,8,17H2,1H3. The molecule has 0 aliphatic heterocycles. The molecule has 0 spiro atoms. The number of fused-ring (bicyclic) bond motifs is 1. The molecule has 1 aliphatic rings. The van der Waals surface area contributed by atoms with Crippen molar-refractivity contribution < 1.29 is 0 Å². The first kappa shape index (κ1) is 12.9. The summed E-state index contributed by atoms with van der Waals surface area (Å²) in [6.07, 6.45) is 3.67. The van der Waals surface area contributed by atoms with Crippen LogP contribution in [0.15, 0.2) is 36.4 Å². The minimum Gasteiger partial charge on any atom is -0.271 e. The van der Waals surface area contributed by atoms with Gasteiger partial charge in [-0.3, -0.25) is 11.3 Å². The summed E-state index contributed by atoms with van der Waals surface area (Å²) in [6.45, 7) is 2.15. The van der Waals surface area contributed by atoms with Gasteiger partial charge in [-0.1, -0.05) is 24.3 Å². The predicted molar refractivity (Wildman–Crippen MR) is 81.2 cm³/mol. The number of benzene rings is 1. The monoisotopic (exact) mass is 272 g/mol. The molecule has 0 fully saturated rings.